The molecule has 1 saturated carbocycles. The fraction of sp³-hybridized carbons (Fsp3) is 0.273. The number of aliphatic imine (C=N–C) groups is 1. The van der Waals surface area contributed by atoms with E-state index in [1.807, 2.05) is 18.5 Å². The van der Waals surface area contributed by atoms with E-state index < -0.39 is 0 Å². The highest BCUT2D eigenvalue weighted by atomic mass is 32.1. The van der Waals surface area contributed by atoms with E-state index in [4.69, 9.17) is 9.98 Å². The average Bonchev–Trinajstić information content (AvgIpc) is 3.63. The van der Waals surface area contributed by atoms with Gasteiger partial charge < -0.3 is 15.6 Å². The molecule has 5 aromatic rings. The Morgan fingerprint density at radius 3 is 2.73 bits per heavy atom. The van der Waals surface area contributed by atoms with Gasteiger partial charge in [0.1, 0.15) is 12.5 Å². The molecule has 0 saturated heterocycles. The molecule has 41 heavy (non-hydrogen) atoms. The monoisotopic (exact) mass is 560 g/mol. The molecule has 0 unspecified atom stereocenters. The first-order chi connectivity index (χ1) is 20.1. The lowest BCUT2D eigenvalue weighted by Crippen LogP contribution is -2.18. The zero-order valence-electron chi connectivity index (χ0n) is 23.0. The van der Waals surface area contributed by atoms with Crippen LogP contribution in [-0.4, -0.2) is 33.2 Å². The van der Waals surface area contributed by atoms with Gasteiger partial charge in [-0.1, -0.05) is 31.4 Å². The summed E-state index contributed by atoms with van der Waals surface area (Å²) < 4.78 is 0. The minimum absolute atomic E-state index is 0.0638. The molecule has 5 heterocycles. The van der Waals surface area contributed by atoms with Crippen LogP contribution in [0.3, 0.4) is 0 Å². The second-order valence-electron chi connectivity index (χ2n) is 11.0. The van der Waals surface area contributed by atoms with Crippen LogP contribution in [-0.2, 0) is 4.79 Å². The van der Waals surface area contributed by atoms with Crippen LogP contribution in [0.25, 0.3) is 32.5 Å². The third kappa shape index (κ3) is 5.27. The molecule has 3 N–H and O–H groups in total. The summed E-state index contributed by atoms with van der Waals surface area (Å²) in [6.45, 7) is 2.60. The maximum atomic E-state index is 12.7. The van der Waals surface area contributed by atoms with E-state index in [0.29, 0.717) is 24.7 Å². The normalized spacial score (nSPS) is 15.3. The highest BCUT2D eigenvalue weighted by molar-refractivity contribution is 7.15. The molecule has 1 amide bonds. The number of rotatable bonds is 6. The number of aryl methyl sites for hydroxylation is 1. The number of carbonyl (C=O) groups excluding carboxylic acids is 1. The van der Waals surface area contributed by atoms with Gasteiger partial charge in [0.15, 0.2) is 0 Å². The lowest BCUT2D eigenvalue weighted by molar-refractivity contribution is -0.117. The van der Waals surface area contributed by atoms with Crippen LogP contribution in [0.15, 0.2) is 72.1 Å². The van der Waals surface area contributed by atoms with Gasteiger partial charge in [0.05, 0.1) is 23.3 Å². The smallest absolute Gasteiger partial charge is 0.224 e. The van der Waals surface area contributed by atoms with Gasteiger partial charge in [0.2, 0.25) is 5.91 Å². The number of nitrogens with zero attached hydrogens (tertiary/aromatic N) is 3. The number of nitrogens with one attached hydrogen (secondary N) is 3. The molecule has 2 aliphatic rings. The molecule has 1 aromatic carbocycles. The van der Waals surface area contributed by atoms with Crippen molar-refractivity contribution in [2.45, 2.75) is 45.4 Å². The Hall–Kier alpha value is -4.30. The zero-order valence-corrected chi connectivity index (χ0v) is 23.9. The van der Waals surface area contributed by atoms with Gasteiger partial charge in [-0.2, -0.15) is 0 Å². The van der Waals surface area contributed by atoms with E-state index in [1.54, 1.807) is 17.5 Å². The van der Waals surface area contributed by atoms with Crippen molar-refractivity contribution in [2.24, 2.45) is 10.9 Å². The number of aromatic nitrogens is 3. The molecule has 4 aromatic heterocycles. The van der Waals surface area contributed by atoms with Gasteiger partial charge in [-0.15, -0.1) is 11.3 Å². The van der Waals surface area contributed by atoms with Crippen molar-refractivity contribution in [3.63, 3.8) is 0 Å². The van der Waals surface area contributed by atoms with E-state index in [-0.39, 0.29) is 5.91 Å². The van der Waals surface area contributed by atoms with E-state index in [1.165, 1.54) is 40.0 Å². The van der Waals surface area contributed by atoms with Crippen LogP contribution in [0.2, 0.25) is 0 Å². The lowest BCUT2D eigenvalue weighted by atomic mass is 9.87. The third-order valence-corrected chi connectivity index (χ3v) is 9.14. The van der Waals surface area contributed by atoms with Crippen molar-refractivity contribution in [3.8, 4) is 21.6 Å². The molecule has 0 spiro atoms. The second kappa shape index (κ2) is 10.9. The number of carbonyl (C=O) groups is 1. The summed E-state index contributed by atoms with van der Waals surface area (Å²) in [5.41, 5.74) is 7.59. The maximum Gasteiger partial charge on any atom is 0.224 e. The first-order valence-corrected chi connectivity index (χ1v) is 15.2. The minimum atomic E-state index is 0.0638. The second-order valence-corrected chi connectivity index (χ2v) is 12.3. The number of hydrogen-bond acceptors (Lipinski definition) is 6. The van der Waals surface area contributed by atoms with Crippen molar-refractivity contribution in [1.29, 1.82) is 0 Å². The maximum absolute atomic E-state index is 12.7. The van der Waals surface area contributed by atoms with Crippen molar-refractivity contribution in [1.82, 2.24) is 15.0 Å². The quantitative estimate of drug-likeness (QED) is 0.198. The van der Waals surface area contributed by atoms with Crippen LogP contribution in [0.4, 0.5) is 11.5 Å². The van der Waals surface area contributed by atoms with Crippen molar-refractivity contribution >= 4 is 45.4 Å². The van der Waals surface area contributed by atoms with Crippen LogP contribution in [0.1, 0.15) is 54.7 Å². The fourth-order valence-electron chi connectivity index (χ4n) is 6.06. The predicted molar refractivity (Wildman–Crippen MR) is 168 cm³/mol. The van der Waals surface area contributed by atoms with Gasteiger partial charge in [0, 0.05) is 61.7 Å². The summed E-state index contributed by atoms with van der Waals surface area (Å²) in [6.07, 6.45) is 12.0. The number of amides is 1. The minimum Gasteiger partial charge on any atom is -0.353 e. The van der Waals surface area contributed by atoms with Gasteiger partial charge in [-0.05, 0) is 62.1 Å². The molecule has 1 aliphatic carbocycles. The standard InChI is InChI=1S/C33H32N6OS/c1-20-10-11-30(41-20)25-8-5-9-28-26(25)15-29(39-28)32-27-14-23(17-35-33(27)37-19-36-32)22-13-24(18-34-16-22)38-31(40)12-21-6-3-2-4-7-21/h5,8-11,13-18,21,39H,2-4,6-7,12,19H2,1H3,(H,35,37)(H,38,40). The van der Waals surface area contributed by atoms with E-state index >= 15 is 0 Å². The van der Waals surface area contributed by atoms with Crippen molar-refractivity contribution in [3.05, 3.63) is 83.3 Å². The highest BCUT2D eigenvalue weighted by Crippen LogP contribution is 2.35. The summed E-state index contributed by atoms with van der Waals surface area (Å²) in [4.78, 5) is 32.9. The molecule has 1 fully saturated rings. The summed E-state index contributed by atoms with van der Waals surface area (Å²) in [5, 5.41) is 7.55. The molecule has 206 valence electrons. The van der Waals surface area contributed by atoms with E-state index in [2.05, 4.69) is 70.0 Å². The Labute approximate surface area is 243 Å². The molecular formula is C33H32N6OS. The number of pyridine rings is 2. The molecule has 0 radical (unpaired) electrons. The topological polar surface area (TPSA) is 95.1 Å². The number of H-pyrrole nitrogens is 1. The number of fused-ring (bicyclic) bond motifs is 2. The first-order valence-electron chi connectivity index (χ1n) is 14.3. The average molecular weight is 561 g/mol. The molecule has 1 aliphatic heterocycles. The summed E-state index contributed by atoms with van der Waals surface area (Å²) >= 11 is 1.81. The number of anilines is 2. The Bertz CT molecular complexity index is 1780. The molecule has 7 nitrogen and oxygen atoms in total. The SMILES string of the molecule is Cc1ccc(-c2cccc3[nH]c(C4=NCNc5ncc(-c6cncc(NC(=O)CC7CCCCC7)c6)cc54)cc23)s1. The van der Waals surface area contributed by atoms with Crippen LogP contribution < -0.4 is 10.6 Å². The number of aromatic amines is 1. The largest absolute Gasteiger partial charge is 0.353 e. The Morgan fingerprint density at radius 1 is 1.00 bits per heavy atom. The van der Waals surface area contributed by atoms with Gasteiger partial charge in [-0.3, -0.25) is 14.8 Å². The van der Waals surface area contributed by atoms with Gasteiger partial charge in [0.25, 0.3) is 0 Å². The van der Waals surface area contributed by atoms with Crippen LogP contribution >= 0.6 is 11.3 Å². The molecule has 8 heteroatoms. The van der Waals surface area contributed by atoms with E-state index in [0.717, 1.165) is 52.3 Å². The summed E-state index contributed by atoms with van der Waals surface area (Å²) in [7, 11) is 0. The van der Waals surface area contributed by atoms with Crippen LogP contribution in [0.5, 0.6) is 0 Å². The Balaban J connectivity index is 1.17. The number of hydrogen-bond donors (Lipinski definition) is 3. The third-order valence-electron chi connectivity index (χ3n) is 8.11. The molecule has 7 rings (SSSR count). The predicted octanol–water partition coefficient (Wildman–Crippen LogP) is 7.79. The summed E-state index contributed by atoms with van der Waals surface area (Å²) in [6, 6.07) is 17.0. The Morgan fingerprint density at radius 2 is 1.88 bits per heavy atom. The number of thiophene rings is 1. The summed E-state index contributed by atoms with van der Waals surface area (Å²) in [5.74, 6) is 1.36. The van der Waals surface area contributed by atoms with Gasteiger partial charge >= 0.3 is 0 Å². The highest BCUT2D eigenvalue weighted by Gasteiger charge is 2.21. The Kier molecular flexibility index (Phi) is 6.84. The molecule has 0 bridgehead atoms. The van der Waals surface area contributed by atoms with Gasteiger partial charge in [-0.25, -0.2) is 4.98 Å². The zero-order chi connectivity index (χ0) is 27.8. The van der Waals surface area contributed by atoms with Crippen LogP contribution in [0, 0.1) is 12.8 Å². The first kappa shape index (κ1) is 25.7. The van der Waals surface area contributed by atoms with E-state index in [9.17, 15) is 4.79 Å². The fourth-order valence-corrected chi connectivity index (χ4v) is 6.97. The number of benzene rings is 1. The van der Waals surface area contributed by atoms with Crippen molar-refractivity contribution < 1.29 is 4.79 Å². The molecular weight excluding hydrogens is 528 g/mol. The molecule has 0 atom stereocenters. The van der Waals surface area contributed by atoms with Crippen molar-refractivity contribution in [2.75, 3.05) is 17.3 Å². The lowest BCUT2D eigenvalue weighted by Gasteiger charge is -2.20.